The topological polar surface area (TPSA) is 68.9 Å². The molecule has 0 unspecified atom stereocenters. The van der Waals surface area contributed by atoms with Crippen LogP contribution in [-0.4, -0.2) is 24.1 Å². The van der Waals surface area contributed by atoms with E-state index < -0.39 is 17.8 Å². The molecule has 1 aliphatic heterocycles. The van der Waals surface area contributed by atoms with Gasteiger partial charge in [-0.05, 0) is 38.8 Å². The van der Waals surface area contributed by atoms with Crippen molar-refractivity contribution in [3.8, 4) is 0 Å². The summed E-state index contributed by atoms with van der Waals surface area (Å²) in [6.45, 7) is 3.85. The number of rotatable bonds is 3. The maximum Gasteiger partial charge on any atom is 0.336 e. The molecule has 0 saturated heterocycles. The number of fused-ring (bicyclic) bond motifs is 1. The Kier molecular flexibility index (Phi) is 3.96. The number of nitrogens with zero attached hydrogens (tertiary/aromatic N) is 1. The lowest BCUT2D eigenvalue weighted by Crippen LogP contribution is -2.38. The lowest BCUT2D eigenvalue weighted by molar-refractivity contribution is -0.139. The SMILES string of the molecule is CCOC(=O)C1=C(C)N=C2CCCC(=O)[C@H]2[C@@H]1c1ccco1. The normalized spacial score (nSPS) is 24.8. The zero-order chi connectivity index (χ0) is 15.7. The van der Waals surface area contributed by atoms with Crippen LogP contribution in [0, 0.1) is 5.92 Å². The third kappa shape index (κ3) is 2.40. The summed E-state index contributed by atoms with van der Waals surface area (Å²) >= 11 is 0. The van der Waals surface area contributed by atoms with E-state index in [1.54, 1.807) is 26.2 Å². The lowest BCUT2D eigenvalue weighted by atomic mass is 9.71. The summed E-state index contributed by atoms with van der Waals surface area (Å²) in [4.78, 5) is 29.4. The largest absolute Gasteiger partial charge is 0.469 e. The fourth-order valence-electron chi connectivity index (χ4n) is 3.37. The summed E-state index contributed by atoms with van der Waals surface area (Å²) in [5, 5.41) is 0. The van der Waals surface area contributed by atoms with Crippen LogP contribution in [0.5, 0.6) is 0 Å². The predicted molar refractivity (Wildman–Crippen MR) is 80.6 cm³/mol. The smallest absolute Gasteiger partial charge is 0.336 e. The van der Waals surface area contributed by atoms with Gasteiger partial charge in [0.15, 0.2) is 0 Å². The first-order valence-corrected chi connectivity index (χ1v) is 7.65. The molecule has 5 heteroatoms. The third-order valence-electron chi connectivity index (χ3n) is 4.25. The first kappa shape index (κ1) is 14.8. The van der Waals surface area contributed by atoms with Crippen LogP contribution in [0.1, 0.15) is 44.8 Å². The van der Waals surface area contributed by atoms with Crippen molar-refractivity contribution in [3.05, 3.63) is 35.4 Å². The van der Waals surface area contributed by atoms with Crippen LogP contribution >= 0.6 is 0 Å². The molecule has 0 bridgehead atoms. The van der Waals surface area contributed by atoms with Crippen molar-refractivity contribution in [2.45, 2.75) is 39.0 Å². The highest BCUT2D eigenvalue weighted by atomic mass is 16.5. The second kappa shape index (κ2) is 5.91. The molecule has 0 radical (unpaired) electrons. The van der Waals surface area contributed by atoms with Crippen LogP contribution in [-0.2, 0) is 14.3 Å². The van der Waals surface area contributed by atoms with Gasteiger partial charge in [-0.2, -0.15) is 0 Å². The standard InChI is InChI=1S/C17H19NO4/c1-3-21-17(20)14-10(2)18-11-6-4-7-12(19)15(11)16(14)13-8-5-9-22-13/h5,8-9,15-16H,3-4,6-7H2,1-2H3/t15-,16+/m0/s1. The average Bonchev–Trinajstić information content (AvgIpc) is 3.00. The van der Waals surface area contributed by atoms with E-state index in [9.17, 15) is 9.59 Å². The van der Waals surface area contributed by atoms with E-state index in [-0.39, 0.29) is 12.4 Å². The summed E-state index contributed by atoms with van der Waals surface area (Å²) in [6.07, 6.45) is 3.70. The minimum atomic E-state index is -0.422. The van der Waals surface area contributed by atoms with Gasteiger partial charge >= 0.3 is 5.97 Å². The Morgan fingerprint density at radius 1 is 1.41 bits per heavy atom. The fraction of sp³-hybridized carbons (Fsp3) is 0.471. The Labute approximate surface area is 129 Å². The highest BCUT2D eigenvalue weighted by molar-refractivity contribution is 6.11. The molecule has 0 N–H and O–H groups in total. The molecule has 2 heterocycles. The molecule has 0 aromatic carbocycles. The Hall–Kier alpha value is -2.17. The van der Waals surface area contributed by atoms with Crippen molar-refractivity contribution in [1.29, 1.82) is 0 Å². The van der Waals surface area contributed by atoms with Crippen molar-refractivity contribution in [2.24, 2.45) is 10.9 Å². The van der Waals surface area contributed by atoms with Crippen LogP contribution in [0.25, 0.3) is 0 Å². The number of ketones is 1. The predicted octanol–water partition coefficient (Wildman–Crippen LogP) is 3.02. The van der Waals surface area contributed by atoms with Crippen molar-refractivity contribution < 1.29 is 18.7 Å². The van der Waals surface area contributed by atoms with Gasteiger partial charge in [-0.15, -0.1) is 0 Å². The fourth-order valence-corrected chi connectivity index (χ4v) is 3.37. The molecule has 1 saturated carbocycles. The minimum Gasteiger partial charge on any atom is -0.469 e. The van der Waals surface area contributed by atoms with Crippen molar-refractivity contribution in [2.75, 3.05) is 6.61 Å². The molecular formula is C17H19NO4. The first-order chi connectivity index (χ1) is 10.6. The number of ether oxygens (including phenoxy) is 1. The number of aliphatic imine (C=N–C) groups is 1. The first-order valence-electron chi connectivity index (χ1n) is 7.65. The number of esters is 1. The molecule has 2 atom stereocenters. The van der Waals surface area contributed by atoms with Gasteiger partial charge in [0, 0.05) is 17.8 Å². The molecule has 3 rings (SSSR count). The molecule has 116 valence electrons. The summed E-state index contributed by atoms with van der Waals surface area (Å²) in [5.74, 6) is -0.490. The number of Topliss-reactive ketones (excluding diaryl/α,β-unsaturated/α-hetero) is 1. The van der Waals surface area contributed by atoms with E-state index in [0.29, 0.717) is 23.5 Å². The number of hydrogen-bond donors (Lipinski definition) is 0. The Morgan fingerprint density at radius 3 is 2.91 bits per heavy atom. The molecule has 0 spiro atoms. The molecular weight excluding hydrogens is 282 g/mol. The number of carbonyl (C=O) groups is 2. The summed E-state index contributed by atoms with van der Waals surface area (Å²) in [7, 11) is 0. The van der Waals surface area contributed by atoms with Crippen LogP contribution in [0.4, 0.5) is 0 Å². The van der Waals surface area contributed by atoms with E-state index in [2.05, 4.69) is 4.99 Å². The highest BCUT2D eigenvalue weighted by Gasteiger charge is 2.44. The molecule has 1 aliphatic carbocycles. The molecule has 0 amide bonds. The molecule has 5 nitrogen and oxygen atoms in total. The van der Waals surface area contributed by atoms with Gasteiger partial charge in [-0.1, -0.05) is 0 Å². The van der Waals surface area contributed by atoms with E-state index in [0.717, 1.165) is 18.6 Å². The van der Waals surface area contributed by atoms with E-state index in [1.165, 1.54) is 0 Å². The number of allylic oxidation sites excluding steroid dienone is 1. The Morgan fingerprint density at radius 2 is 2.23 bits per heavy atom. The Bertz CT molecular complexity index is 654. The van der Waals surface area contributed by atoms with Crippen molar-refractivity contribution >= 4 is 17.5 Å². The maximum absolute atomic E-state index is 12.5. The summed E-state index contributed by atoms with van der Waals surface area (Å²) < 4.78 is 10.7. The van der Waals surface area contributed by atoms with Gasteiger partial charge < -0.3 is 9.15 Å². The van der Waals surface area contributed by atoms with Gasteiger partial charge in [-0.25, -0.2) is 4.79 Å². The second-order valence-electron chi connectivity index (χ2n) is 5.61. The highest BCUT2D eigenvalue weighted by Crippen LogP contribution is 2.43. The quantitative estimate of drug-likeness (QED) is 0.805. The minimum absolute atomic E-state index is 0.126. The van der Waals surface area contributed by atoms with Crippen LogP contribution in [0.2, 0.25) is 0 Å². The third-order valence-corrected chi connectivity index (χ3v) is 4.25. The van der Waals surface area contributed by atoms with Crippen LogP contribution in [0.15, 0.2) is 39.1 Å². The van der Waals surface area contributed by atoms with Crippen LogP contribution < -0.4 is 0 Å². The molecule has 1 aromatic rings. The number of hydrogen-bond acceptors (Lipinski definition) is 5. The average molecular weight is 301 g/mol. The summed E-state index contributed by atoms with van der Waals surface area (Å²) in [6, 6.07) is 3.58. The molecule has 22 heavy (non-hydrogen) atoms. The van der Waals surface area contributed by atoms with Gasteiger partial charge in [0.05, 0.1) is 30.3 Å². The molecule has 2 aliphatic rings. The number of carbonyl (C=O) groups excluding carboxylic acids is 2. The van der Waals surface area contributed by atoms with E-state index in [1.807, 2.05) is 6.07 Å². The Balaban J connectivity index is 2.12. The van der Waals surface area contributed by atoms with E-state index >= 15 is 0 Å². The number of furan rings is 1. The van der Waals surface area contributed by atoms with Gasteiger partial charge in [0.2, 0.25) is 0 Å². The van der Waals surface area contributed by atoms with Gasteiger partial charge in [-0.3, -0.25) is 9.79 Å². The van der Waals surface area contributed by atoms with Gasteiger partial charge in [0.25, 0.3) is 0 Å². The van der Waals surface area contributed by atoms with Crippen molar-refractivity contribution in [3.63, 3.8) is 0 Å². The zero-order valence-corrected chi connectivity index (χ0v) is 12.8. The van der Waals surface area contributed by atoms with E-state index in [4.69, 9.17) is 9.15 Å². The molecule has 1 aromatic heterocycles. The van der Waals surface area contributed by atoms with Crippen molar-refractivity contribution in [1.82, 2.24) is 0 Å². The monoisotopic (exact) mass is 301 g/mol. The van der Waals surface area contributed by atoms with Gasteiger partial charge in [0.1, 0.15) is 11.5 Å². The second-order valence-corrected chi connectivity index (χ2v) is 5.61. The van der Waals surface area contributed by atoms with Crippen LogP contribution in [0.3, 0.4) is 0 Å². The lowest BCUT2D eigenvalue weighted by Gasteiger charge is -2.34. The zero-order valence-electron chi connectivity index (χ0n) is 12.8. The molecule has 1 fully saturated rings. The maximum atomic E-state index is 12.5. The summed E-state index contributed by atoms with van der Waals surface area (Å²) in [5.41, 5.74) is 1.93.